The first-order chi connectivity index (χ1) is 6.67. The Morgan fingerprint density at radius 2 is 2.57 bits per heavy atom. The molecule has 0 fully saturated rings. The van der Waals surface area contributed by atoms with Gasteiger partial charge in [0.1, 0.15) is 6.07 Å². The summed E-state index contributed by atoms with van der Waals surface area (Å²) in [6.45, 7) is 1.77. The van der Waals surface area contributed by atoms with Gasteiger partial charge in [-0.15, -0.1) is 16.2 Å². The van der Waals surface area contributed by atoms with E-state index in [0.717, 1.165) is 5.69 Å². The van der Waals surface area contributed by atoms with Crippen LogP contribution in [0.25, 0.3) is 0 Å². The Morgan fingerprint density at radius 1 is 1.86 bits per heavy atom. The van der Waals surface area contributed by atoms with Gasteiger partial charge in [-0.25, -0.2) is 4.98 Å². The van der Waals surface area contributed by atoms with Gasteiger partial charge in [-0.05, 0) is 12.1 Å². The van der Waals surface area contributed by atoms with Crippen LogP contribution in [0.5, 0.6) is 0 Å². The van der Waals surface area contributed by atoms with Crippen molar-refractivity contribution in [2.75, 3.05) is 5.32 Å². The summed E-state index contributed by atoms with van der Waals surface area (Å²) in [5.41, 5.74) is 0.762. The molecule has 0 aliphatic rings. The number of anilines is 1. The van der Waals surface area contributed by atoms with Gasteiger partial charge in [0.2, 0.25) is 0 Å². The number of nitroso groups, excluding NO2 is 1. The lowest BCUT2D eigenvalue weighted by atomic mass is 10.3. The van der Waals surface area contributed by atoms with E-state index in [0.29, 0.717) is 5.13 Å². The third-order valence-electron chi connectivity index (χ3n) is 1.33. The number of carbonyl (C=O) groups is 1. The van der Waals surface area contributed by atoms with Crippen LogP contribution in [0.1, 0.15) is 5.69 Å². The Labute approximate surface area is 83.5 Å². The molecule has 0 aromatic carbocycles. The molecule has 6 nitrogen and oxygen atoms in total. The maximum absolute atomic E-state index is 11.1. The predicted octanol–water partition coefficient (Wildman–Crippen LogP) is 1.05. The monoisotopic (exact) mass is 210 g/mol. The van der Waals surface area contributed by atoms with Gasteiger partial charge >= 0.3 is 0 Å². The van der Waals surface area contributed by atoms with E-state index in [-0.39, 0.29) is 0 Å². The van der Waals surface area contributed by atoms with Crippen molar-refractivity contribution in [2.24, 2.45) is 5.18 Å². The summed E-state index contributed by atoms with van der Waals surface area (Å²) in [6, 6.07) is -0.0504. The molecule has 1 atom stereocenters. The summed E-state index contributed by atoms with van der Waals surface area (Å²) in [5, 5.41) is 15.1. The van der Waals surface area contributed by atoms with Crippen LogP contribution in [0.2, 0.25) is 0 Å². The number of amides is 1. The maximum Gasteiger partial charge on any atom is 0.269 e. The molecule has 1 unspecified atom stereocenters. The van der Waals surface area contributed by atoms with Crippen LogP contribution in [0.4, 0.5) is 5.13 Å². The fourth-order valence-corrected chi connectivity index (χ4v) is 1.41. The molecule has 14 heavy (non-hydrogen) atoms. The largest absolute Gasteiger partial charge is 0.299 e. The molecular formula is C7H6N4O2S. The second-order valence-corrected chi connectivity index (χ2v) is 3.28. The van der Waals surface area contributed by atoms with Gasteiger partial charge in [0.15, 0.2) is 5.13 Å². The van der Waals surface area contributed by atoms with E-state index in [9.17, 15) is 9.70 Å². The Balaban J connectivity index is 2.66. The second-order valence-electron chi connectivity index (χ2n) is 2.42. The van der Waals surface area contributed by atoms with Crippen LogP contribution < -0.4 is 5.32 Å². The molecule has 0 bridgehead atoms. The van der Waals surface area contributed by atoms with Gasteiger partial charge in [0.25, 0.3) is 11.9 Å². The summed E-state index contributed by atoms with van der Waals surface area (Å²) >= 11 is 1.22. The Hall–Kier alpha value is -1.81. The molecule has 0 aliphatic carbocycles. The average molecular weight is 210 g/mol. The first-order valence-electron chi connectivity index (χ1n) is 3.62. The molecule has 1 aromatic rings. The van der Waals surface area contributed by atoms with Gasteiger partial charge in [0, 0.05) is 5.38 Å². The number of hydrogen-bond acceptors (Lipinski definition) is 6. The van der Waals surface area contributed by atoms with E-state index in [4.69, 9.17) is 5.26 Å². The molecule has 0 spiro atoms. The first-order valence-corrected chi connectivity index (χ1v) is 4.50. The van der Waals surface area contributed by atoms with Crippen molar-refractivity contribution in [1.82, 2.24) is 4.98 Å². The van der Waals surface area contributed by atoms with E-state index >= 15 is 0 Å². The molecule has 0 saturated carbocycles. The summed E-state index contributed by atoms with van der Waals surface area (Å²) in [7, 11) is 0. The highest BCUT2D eigenvalue weighted by molar-refractivity contribution is 7.13. The quantitative estimate of drug-likeness (QED) is 0.754. The lowest BCUT2D eigenvalue weighted by molar-refractivity contribution is -0.116. The standard InChI is InChI=1S/C7H6N4O2S/c1-4-3-14-7(9-4)10-6(12)5(2-8)11-13/h3,5H,1H3,(H,9,10,12). The number of aromatic nitrogens is 1. The van der Waals surface area contributed by atoms with Crippen LogP contribution in [0.3, 0.4) is 0 Å². The molecule has 1 rings (SSSR count). The normalized spacial score (nSPS) is 11.4. The minimum absolute atomic E-state index is 0.358. The highest BCUT2D eigenvalue weighted by Crippen LogP contribution is 2.14. The topological polar surface area (TPSA) is 95.2 Å². The van der Waals surface area contributed by atoms with Crippen molar-refractivity contribution < 1.29 is 4.79 Å². The first kappa shape index (κ1) is 10.3. The number of rotatable bonds is 3. The highest BCUT2D eigenvalue weighted by atomic mass is 32.1. The van der Waals surface area contributed by atoms with Crippen molar-refractivity contribution in [2.45, 2.75) is 13.0 Å². The fraction of sp³-hybridized carbons (Fsp3) is 0.286. The number of nitrogens with one attached hydrogen (secondary N) is 1. The summed E-state index contributed by atoms with van der Waals surface area (Å²) in [4.78, 5) is 25.1. The van der Waals surface area contributed by atoms with Crippen molar-refractivity contribution >= 4 is 22.4 Å². The van der Waals surface area contributed by atoms with Crippen LogP contribution in [-0.2, 0) is 4.79 Å². The SMILES string of the molecule is Cc1csc(NC(=O)C(C#N)N=O)n1. The molecule has 1 heterocycles. The number of nitriles is 1. The Bertz CT molecular complexity index is 395. The lowest BCUT2D eigenvalue weighted by Gasteiger charge is -1.99. The van der Waals surface area contributed by atoms with E-state index < -0.39 is 11.9 Å². The zero-order valence-electron chi connectivity index (χ0n) is 7.22. The molecule has 7 heteroatoms. The van der Waals surface area contributed by atoms with Crippen LogP contribution in [-0.4, -0.2) is 16.9 Å². The number of nitrogens with zero attached hydrogens (tertiary/aromatic N) is 3. The molecule has 0 radical (unpaired) electrons. The van der Waals surface area contributed by atoms with Crippen molar-refractivity contribution in [3.8, 4) is 6.07 Å². The molecule has 0 saturated heterocycles. The van der Waals surface area contributed by atoms with Gasteiger partial charge in [0.05, 0.1) is 5.69 Å². The van der Waals surface area contributed by atoms with Crippen molar-refractivity contribution in [3.05, 3.63) is 16.0 Å². The molecule has 1 aromatic heterocycles. The Kier molecular flexibility index (Phi) is 3.25. The minimum Gasteiger partial charge on any atom is -0.299 e. The molecule has 0 aliphatic heterocycles. The second kappa shape index (κ2) is 4.43. The van der Waals surface area contributed by atoms with Crippen LogP contribution >= 0.6 is 11.3 Å². The van der Waals surface area contributed by atoms with E-state index in [2.05, 4.69) is 15.5 Å². The lowest BCUT2D eigenvalue weighted by Crippen LogP contribution is -2.24. The molecule has 1 amide bonds. The fourth-order valence-electron chi connectivity index (χ4n) is 0.715. The third kappa shape index (κ3) is 2.34. The smallest absolute Gasteiger partial charge is 0.269 e. The van der Waals surface area contributed by atoms with E-state index in [1.807, 2.05) is 0 Å². The molecule has 72 valence electrons. The third-order valence-corrected chi connectivity index (χ3v) is 2.20. The number of hydrogen-bond donors (Lipinski definition) is 1. The van der Waals surface area contributed by atoms with Gasteiger partial charge < -0.3 is 0 Å². The van der Waals surface area contributed by atoms with Gasteiger partial charge in [-0.1, -0.05) is 0 Å². The van der Waals surface area contributed by atoms with Crippen molar-refractivity contribution in [3.63, 3.8) is 0 Å². The summed E-state index contributed by atoms with van der Waals surface area (Å²) in [5.74, 6) is -0.753. The van der Waals surface area contributed by atoms with Gasteiger partial charge in [-0.2, -0.15) is 5.26 Å². The zero-order valence-corrected chi connectivity index (χ0v) is 8.04. The number of carbonyl (C=O) groups excluding carboxylic acids is 1. The predicted molar refractivity (Wildman–Crippen MR) is 50.7 cm³/mol. The van der Waals surface area contributed by atoms with Crippen molar-refractivity contribution in [1.29, 1.82) is 5.26 Å². The summed E-state index contributed by atoms with van der Waals surface area (Å²) in [6.07, 6.45) is 0. The zero-order chi connectivity index (χ0) is 10.6. The maximum atomic E-state index is 11.1. The van der Waals surface area contributed by atoms with E-state index in [1.54, 1.807) is 12.3 Å². The van der Waals surface area contributed by atoms with E-state index in [1.165, 1.54) is 17.4 Å². The summed E-state index contributed by atoms with van der Waals surface area (Å²) < 4.78 is 0. The van der Waals surface area contributed by atoms with Gasteiger partial charge in [-0.3, -0.25) is 10.1 Å². The van der Waals surface area contributed by atoms with Crippen LogP contribution in [0.15, 0.2) is 10.6 Å². The minimum atomic E-state index is -1.51. The Morgan fingerprint density at radius 3 is 3.00 bits per heavy atom. The van der Waals surface area contributed by atoms with Crippen LogP contribution in [0, 0.1) is 23.2 Å². The highest BCUT2D eigenvalue weighted by Gasteiger charge is 2.18. The number of aryl methyl sites for hydroxylation is 1. The number of thiazole rings is 1. The molecular weight excluding hydrogens is 204 g/mol. The average Bonchev–Trinajstić information content (AvgIpc) is 2.53. The molecule has 1 N–H and O–H groups in total.